The Kier molecular flexibility index (Phi) is 3.99. The van der Waals surface area contributed by atoms with E-state index in [2.05, 4.69) is 15.6 Å². The molecular weight excluding hydrogens is 277 g/mol. The molecule has 0 atom stereocenters. The van der Waals surface area contributed by atoms with Crippen LogP contribution < -0.4 is 5.32 Å². The standard InChI is InChI=1S/C13H16FN5O2/c1-13(2,3)15-7-10-8-18(17-16-10)11-4-9(14)5-12(6-11)19(20)21/h4-6,8,15H,7H2,1-3H3. The van der Waals surface area contributed by atoms with E-state index in [0.717, 1.165) is 6.07 Å². The summed E-state index contributed by atoms with van der Waals surface area (Å²) in [7, 11) is 0. The van der Waals surface area contributed by atoms with Crippen molar-refractivity contribution in [1.82, 2.24) is 20.3 Å². The number of aromatic nitrogens is 3. The molecule has 1 aromatic heterocycles. The van der Waals surface area contributed by atoms with Gasteiger partial charge >= 0.3 is 0 Å². The zero-order chi connectivity index (χ0) is 15.6. The van der Waals surface area contributed by atoms with Crippen LogP contribution in [-0.2, 0) is 6.54 Å². The number of hydrogen-bond donors (Lipinski definition) is 1. The molecule has 0 saturated carbocycles. The fraction of sp³-hybridized carbons (Fsp3) is 0.385. The fourth-order valence-corrected chi connectivity index (χ4v) is 1.66. The van der Waals surface area contributed by atoms with Gasteiger partial charge in [-0.1, -0.05) is 5.21 Å². The van der Waals surface area contributed by atoms with E-state index in [4.69, 9.17) is 0 Å². The molecule has 1 aromatic carbocycles. The van der Waals surface area contributed by atoms with Crippen molar-refractivity contribution in [2.75, 3.05) is 0 Å². The summed E-state index contributed by atoms with van der Waals surface area (Å²) in [5.74, 6) is -0.691. The van der Waals surface area contributed by atoms with E-state index in [1.807, 2.05) is 20.8 Å². The van der Waals surface area contributed by atoms with Gasteiger partial charge in [0.25, 0.3) is 5.69 Å². The van der Waals surface area contributed by atoms with Gasteiger partial charge in [-0.15, -0.1) is 5.10 Å². The van der Waals surface area contributed by atoms with E-state index in [1.165, 1.54) is 16.8 Å². The number of nitrogens with one attached hydrogen (secondary N) is 1. The van der Waals surface area contributed by atoms with E-state index in [1.54, 1.807) is 6.20 Å². The largest absolute Gasteiger partial charge is 0.306 e. The predicted octanol–water partition coefficient (Wildman–Crippen LogP) is 2.20. The summed E-state index contributed by atoms with van der Waals surface area (Å²) >= 11 is 0. The molecule has 112 valence electrons. The average Bonchev–Trinajstić information content (AvgIpc) is 2.83. The van der Waals surface area contributed by atoms with Crippen molar-refractivity contribution in [2.45, 2.75) is 32.9 Å². The molecule has 0 aliphatic carbocycles. The van der Waals surface area contributed by atoms with Crippen LogP contribution in [0.4, 0.5) is 10.1 Å². The molecule has 0 amide bonds. The number of benzene rings is 1. The van der Waals surface area contributed by atoms with Gasteiger partial charge in [0, 0.05) is 24.2 Å². The lowest BCUT2D eigenvalue weighted by Gasteiger charge is -2.19. The van der Waals surface area contributed by atoms with E-state index >= 15 is 0 Å². The molecule has 7 nitrogen and oxygen atoms in total. The van der Waals surface area contributed by atoms with Crippen molar-refractivity contribution >= 4 is 5.69 Å². The first kappa shape index (κ1) is 15.0. The maximum atomic E-state index is 13.4. The third-order valence-corrected chi connectivity index (χ3v) is 2.68. The second kappa shape index (κ2) is 5.57. The quantitative estimate of drug-likeness (QED) is 0.690. The van der Waals surface area contributed by atoms with Crippen molar-refractivity contribution in [3.63, 3.8) is 0 Å². The molecular formula is C13H16FN5O2. The Balaban J connectivity index is 2.23. The number of non-ortho nitro benzene ring substituents is 1. The highest BCUT2D eigenvalue weighted by atomic mass is 19.1. The van der Waals surface area contributed by atoms with Crippen LogP contribution in [0, 0.1) is 15.9 Å². The first-order chi connectivity index (χ1) is 9.74. The summed E-state index contributed by atoms with van der Waals surface area (Å²) in [6, 6.07) is 3.28. The summed E-state index contributed by atoms with van der Waals surface area (Å²) in [6.07, 6.45) is 1.61. The molecule has 0 radical (unpaired) electrons. The van der Waals surface area contributed by atoms with E-state index in [9.17, 15) is 14.5 Å². The average molecular weight is 293 g/mol. The van der Waals surface area contributed by atoms with Crippen LogP contribution in [0.3, 0.4) is 0 Å². The molecule has 0 aliphatic rings. The summed E-state index contributed by atoms with van der Waals surface area (Å²) in [5.41, 5.74) is 0.532. The van der Waals surface area contributed by atoms with Gasteiger partial charge in [0.1, 0.15) is 5.82 Å². The summed E-state index contributed by atoms with van der Waals surface area (Å²) < 4.78 is 14.7. The monoisotopic (exact) mass is 293 g/mol. The third-order valence-electron chi connectivity index (χ3n) is 2.68. The van der Waals surface area contributed by atoms with Gasteiger partial charge in [0.05, 0.1) is 28.6 Å². The topological polar surface area (TPSA) is 85.9 Å². The van der Waals surface area contributed by atoms with Crippen LogP contribution >= 0.6 is 0 Å². The number of nitro benzene ring substituents is 1. The number of nitro groups is 1. The maximum absolute atomic E-state index is 13.4. The molecule has 0 unspecified atom stereocenters. The molecule has 1 N–H and O–H groups in total. The number of hydrogen-bond acceptors (Lipinski definition) is 5. The summed E-state index contributed by atoms with van der Waals surface area (Å²) in [5, 5.41) is 21.8. The molecule has 2 rings (SSSR count). The van der Waals surface area contributed by atoms with Crippen LogP contribution in [-0.4, -0.2) is 25.5 Å². The van der Waals surface area contributed by atoms with Gasteiger partial charge in [-0.05, 0) is 20.8 Å². The highest BCUT2D eigenvalue weighted by Gasteiger charge is 2.13. The van der Waals surface area contributed by atoms with Crippen LogP contribution in [0.5, 0.6) is 0 Å². The predicted molar refractivity (Wildman–Crippen MR) is 74.6 cm³/mol. The minimum absolute atomic E-state index is 0.0680. The minimum Gasteiger partial charge on any atom is -0.306 e. The van der Waals surface area contributed by atoms with Gasteiger partial charge in [-0.3, -0.25) is 10.1 Å². The Morgan fingerprint density at radius 2 is 2.10 bits per heavy atom. The Bertz CT molecular complexity index is 663. The van der Waals surface area contributed by atoms with E-state index < -0.39 is 10.7 Å². The van der Waals surface area contributed by atoms with E-state index in [-0.39, 0.29) is 16.9 Å². The SMILES string of the molecule is CC(C)(C)NCc1cn(-c2cc(F)cc([N+](=O)[O-])c2)nn1. The van der Waals surface area contributed by atoms with Gasteiger partial charge in [-0.25, -0.2) is 9.07 Å². The second-order valence-electron chi connectivity index (χ2n) is 5.68. The zero-order valence-electron chi connectivity index (χ0n) is 12.0. The summed E-state index contributed by atoms with van der Waals surface area (Å²) in [4.78, 5) is 10.1. The van der Waals surface area contributed by atoms with Crippen LogP contribution in [0.1, 0.15) is 26.5 Å². The molecule has 0 spiro atoms. The first-order valence-electron chi connectivity index (χ1n) is 6.36. The smallest absolute Gasteiger partial charge is 0.274 e. The van der Waals surface area contributed by atoms with Gasteiger partial charge < -0.3 is 5.32 Å². The number of nitrogens with zero attached hydrogens (tertiary/aromatic N) is 4. The first-order valence-corrected chi connectivity index (χ1v) is 6.36. The summed E-state index contributed by atoms with van der Waals surface area (Å²) in [6.45, 7) is 6.56. The Morgan fingerprint density at radius 3 is 2.71 bits per heavy atom. The molecule has 0 aliphatic heterocycles. The van der Waals surface area contributed by atoms with Gasteiger partial charge in [0.2, 0.25) is 0 Å². The normalized spacial score (nSPS) is 11.6. The zero-order valence-corrected chi connectivity index (χ0v) is 12.0. The lowest BCUT2D eigenvalue weighted by Crippen LogP contribution is -2.35. The Labute approximate surface area is 120 Å². The number of halogens is 1. The van der Waals surface area contributed by atoms with Crippen LogP contribution in [0.2, 0.25) is 0 Å². The van der Waals surface area contributed by atoms with Crippen molar-refractivity contribution in [3.05, 3.63) is 46.0 Å². The van der Waals surface area contributed by atoms with E-state index in [0.29, 0.717) is 12.2 Å². The Hall–Kier alpha value is -2.35. The molecule has 2 aromatic rings. The Morgan fingerprint density at radius 1 is 1.38 bits per heavy atom. The van der Waals surface area contributed by atoms with Crippen molar-refractivity contribution in [1.29, 1.82) is 0 Å². The highest BCUT2D eigenvalue weighted by molar-refractivity contribution is 5.43. The molecule has 8 heteroatoms. The lowest BCUT2D eigenvalue weighted by molar-refractivity contribution is -0.385. The maximum Gasteiger partial charge on any atom is 0.274 e. The van der Waals surface area contributed by atoms with Crippen molar-refractivity contribution in [3.8, 4) is 5.69 Å². The number of rotatable bonds is 4. The molecule has 0 fully saturated rings. The fourth-order valence-electron chi connectivity index (χ4n) is 1.66. The highest BCUT2D eigenvalue weighted by Crippen LogP contribution is 2.19. The minimum atomic E-state index is -0.691. The van der Waals surface area contributed by atoms with Gasteiger partial charge in [0.15, 0.2) is 0 Å². The van der Waals surface area contributed by atoms with Crippen LogP contribution in [0.15, 0.2) is 24.4 Å². The van der Waals surface area contributed by atoms with Crippen molar-refractivity contribution < 1.29 is 9.31 Å². The second-order valence-corrected chi connectivity index (χ2v) is 5.68. The van der Waals surface area contributed by atoms with Crippen LogP contribution in [0.25, 0.3) is 5.69 Å². The third kappa shape index (κ3) is 4.06. The van der Waals surface area contributed by atoms with Crippen molar-refractivity contribution in [2.24, 2.45) is 0 Å². The lowest BCUT2D eigenvalue weighted by atomic mass is 10.1. The molecule has 21 heavy (non-hydrogen) atoms. The van der Waals surface area contributed by atoms with Gasteiger partial charge in [-0.2, -0.15) is 0 Å². The molecule has 0 bridgehead atoms. The molecule has 0 saturated heterocycles. The molecule has 1 heterocycles.